The fraction of sp³-hybridized carbons (Fsp3) is 0.478. The van der Waals surface area contributed by atoms with Crippen LogP contribution in [0, 0.1) is 0 Å². The second kappa shape index (κ2) is 8.63. The van der Waals surface area contributed by atoms with Crippen molar-refractivity contribution in [1.29, 1.82) is 0 Å². The molecule has 0 aliphatic carbocycles. The number of phenols is 1. The Morgan fingerprint density at radius 3 is 2.61 bits per heavy atom. The lowest BCUT2D eigenvalue weighted by Gasteiger charge is -2.32. The third-order valence-electron chi connectivity index (χ3n) is 6.60. The van der Waals surface area contributed by atoms with E-state index in [-0.39, 0.29) is 11.3 Å². The summed E-state index contributed by atoms with van der Waals surface area (Å²) in [7, 11) is 0. The first-order valence-electron chi connectivity index (χ1n) is 11.0. The van der Waals surface area contributed by atoms with Crippen LogP contribution in [0.25, 0.3) is 22.4 Å². The van der Waals surface area contributed by atoms with Crippen LogP contribution in [0.1, 0.15) is 47.0 Å². The lowest BCUT2D eigenvalue weighted by Crippen LogP contribution is -2.48. The molecule has 3 aromatic rings. The van der Waals surface area contributed by atoms with Crippen LogP contribution in [-0.2, 0) is 0 Å². The molecule has 1 aliphatic rings. The van der Waals surface area contributed by atoms with E-state index in [0.29, 0.717) is 29.3 Å². The molecule has 1 aliphatic heterocycles. The zero-order chi connectivity index (χ0) is 22.0. The molecule has 1 saturated heterocycles. The van der Waals surface area contributed by atoms with Gasteiger partial charge in [-0.15, -0.1) is 10.2 Å². The average Bonchev–Trinajstić information content (AvgIpc) is 3.44. The van der Waals surface area contributed by atoms with Gasteiger partial charge < -0.3 is 15.3 Å². The fourth-order valence-electron chi connectivity index (χ4n) is 4.22. The van der Waals surface area contributed by atoms with Crippen molar-refractivity contribution in [2.75, 3.05) is 11.4 Å². The van der Waals surface area contributed by atoms with Crippen LogP contribution in [0.4, 0.5) is 5.95 Å². The van der Waals surface area contributed by atoms with E-state index in [0.717, 1.165) is 36.9 Å². The van der Waals surface area contributed by atoms with Gasteiger partial charge in [-0.2, -0.15) is 5.10 Å². The Balaban J connectivity index is 1.48. The van der Waals surface area contributed by atoms with Crippen molar-refractivity contribution in [2.45, 2.75) is 64.6 Å². The number of hydrogen-bond donors (Lipinski definition) is 3. The smallest absolute Gasteiger partial charge is 0.245 e. The highest BCUT2D eigenvalue weighted by atomic mass is 16.3. The molecule has 0 bridgehead atoms. The first-order chi connectivity index (χ1) is 14.9. The van der Waals surface area contributed by atoms with E-state index < -0.39 is 0 Å². The van der Waals surface area contributed by atoms with Crippen molar-refractivity contribution in [3.8, 4) is 28.1 Å². The number of H-pyrrole nitrogens is 1. The number of aromatic hydroxyl groups is 1. The molecule has 8 nitrogen and oxygen atoms in total. The number of nitrogens with one attached hydrogen (secondary N) is 2. The molecule has 1 aromatic carbocycles. The standard InChI is InChI=1S/C23H31N7O/c1-5-23(4,6-2)27-18-9-15(3)30(14-18)22-24-13-20(28-29-22)19-8-7-16(10-21(19)31)17-11-25-26-12-17/h7-8,10-13,15,18,27,31H,5-6,9,14H2,1-4H3,(H,25,26). The van der Waals surface area contributed by atoms with Gasteiger partial charge in [0.1, 0.15) is 11.4 Å². The molecular formula is C23H31N7O. The van der Waals surface area contributed by atoms with E-state index in [1.807, 2.05) is 12.1 Å². The van der Waals surface area contributed by atoms with Crippen LogP contribution >= 0.6 is 0 Å². The van der Waals surface area contributed by atoms with Crippen molar-refractivity contribution in [3.63, 3.8) is 0 Å². The Labute approximate surface area is 183 Å². The summed E-state index contributed by atoms with van der Waals surface area (Å²) in [5, 5.41) is 29.8. The molecule has 2 atom stereocenters. The van der Waals surface area contributed by atoms with Gasteiger partial charge in [-0.05, 0) is 50.8 Å². The fourth-order valence-corrected chi connectivity index (χ4v) is 4.22. The summed E-state index contributed by atoms with van der Waals surface area (Å²) in [6.07, 6.45) is 8.44. The molecule has 4 rings (SSSR count). The van der Waals surface area contributed by atoms with Gasteiger partial charge in [0.25, 0.3) is 0 Å². The predicted molar refractivity (Wildman–Crippen MR) is 122 cm³/mol. The summed E-state index contributed by atoms with van der Waals surface area (Å²) >= 11 is 0. The zero-order valence-electron chi connectivity index (χ0n) is 18.6. The molecule has 164 valence electrons. The lowest BCUT2D eigenvalue weighted by atomic mass is 9.94. The number of aromatic amines is 1. The minimum absolute atomic E-state index is 0.139. The molecule has 0 radical (unpaired) electrons. The first-order valence-corrected chi connectivity index (χ1v) is 11.0. The van der Waals surface area contributed by atoms with Gasteiger partial charge in [0.2, 0.25) is 5.95 Å². The second-order valence-corrected chi connectivity index (χ2v) is 8.71. The summed E-state index contributed by atoms with van der Waals surface area (Å²) in [5.74, 6) is 0.768. The molecule has 3 heterocycles. The first kappa shape index (κ1) is 21.2. The van der Waals surface area contributed by atoms with Gasteiger partial charge in [-0.3, -0.25) is 5.10 Å². The molecule has 2 unspecified atom stereocenters. The zero-order valence-corrected chi connectivity index (χ0v) is 18.6. The molecule has 0 amide bonds. The summed E-state index contributed by atoms with van der Waals surface area (Å²) in [6.45, 7) is 9.82. The van der Waals surface area contributed by atoms with Crippen molar-refractivity contribution in [3.05, 3.63) is 36.8 Å². The number of benzene rings is 1. The number of rotatable bonds is 7. The van der Waals surface area contributed by atoms with E-state index in [1.165, 1.54) is 0 Å². The predicted octanol–water partition coefficient (Wildman–Crippen LogP) is 3.77. The van der Waals surface area contributed by atoms with Crippen molar-refractivity contribution >= 4 is 5.95 Å². The van der Waals surface area contributed by atoms with Crippen LogP contribution < -0.4 is 10.2 Å². The number of hydrogen-bond acceptors (Lipinski definition) is 7. The SMILES string of the molecule is CCC(C)(CC)NC1CC(C)N(c2ncc(-c3ccc(-c4cn[nH]c4)cc3O)nn2)C1. The maximum Gasteiger partial charge on any atom is 0.245 e. The van der Waals surface area contributed by atoms with Gasteiger partial charge in [-0.1, -0.05) is 19.9 Å². The molecule has 0 saturated carbocycles. The van der Waals surface area contributed by atoms with Gasteiger partial charge in [0.15, 0.2) is 0 Å². The van der Waals surface area contributed by atoms with Crippen LogP contribution in [-0.4, -0.2) is 54.7 Å². The Morgan fingerprint density at radius 1 is 1.19 bits per heavy atom. The number of aromatic nitrogens is 5. The number of phenolic OH excluding ortho intramolecular Hbond substituents is 1. The third-order valence-corrected chi connectivity index (χ3v) is 6.60. The van der Waals surface area contributed by atoms with E-state index in [2.05, 4.69) is 63.3 Å². The van der Waals surface area contributed by atoms with Crippen LogP contribution in [0.5, 0.6) is 5.75 Å². The summed E-state index contributed by atoms with van der Waals surface area (Å²) in [5.41, 5.74) is 3.10. The topological polar surface area (TPSA) is 103 Å². The third kappa shape index (κ3) is 4.39. The van der Waals surface area contributed by atoms with Crippen molar-refractivity contribution < 1.29 is 5.11 Å². The molecule has 2 aromatic heterocycles. The van der Waals surface area contributed by atoms with E-state index in [4.69, 9.17) is 0 Å². The van der Waals surface area contributed by atoms with Gasteiger partial charge in [0, 0.05) is 41.5 Å². The van der Waals surface area contributed by atoms with Crippen molar-refractivity contribution in [2.24, 2.45) is 0 Å². The van der Waals surface area contributed by atoms with Crippen LogP contribution in [0.2, 0.25) is 0 Å². The lowest BCUT2D eigenvalue weighted by molar-refractivity contribution is 0.295. The Morgan fingerprint density at radius 2 is 2.00 bits per heavy atom. The van der Waals surface area contributed by atoms with E-state index >= 15 is 0 Å². The second-order valence-electron chi connectivity index (χ2n) is 8.71. The summed E-state index contributed by atoms with van der Waals surface area (Å²) in [6, 6.07) is 6.20. The molecule has 0 spiro atoms. The largest absolute Gasteiger partial charge is 0.507 e. The minimum Gasteiger partial charge on any atom is -0.507 e. The molecule has 31 heavy (non-hydrogen) atoms. The van der Waals surface area contributed by atoms with Gasteiger partial charge >= 0.3 is 0 Å². The number of anilines is 1. The molecule has 3 N–H and O–H groups in total. The highest BCUT2D eigenvalue weighted by Crippen LogP contribution is 2.32. The van der Waals surface area contributed by atoms with E-state index in [9.17, 15) is 5.11 Å². The Hall–Kier alpha value is -3.00. The quantitative estimate of drug-likeness (QED) is 0.533. The van der Waals surface area contributed by atoms with Crippen molar-refractivity contribution in [1.82, 2.24) is 30.7 Å². The molecule has 8 heteroatoms. The van der Waals surface area contributed by atoms with Gasteiger partial charge in [-0.25, -0.2) is 4.98 Å². The normalized spacial score (nSPS) is 19.2. The molecule has 1 fully saturated rings. The maximum absolute atomic E-state index is 10.5. The van der Waals surface area contributed by atoms with E-state index in [1.54, 1.807) is 24.7 Å². The van der Waals surface area contributed by atoms with Crippen LogP contribution in [0.3, 0.4) is 0 Å². The molecular weight excluding hydrogens is 390 g/mol. The Bertz CT molecular complexity index is 999. The summed E-state index contributed by atoms with van der Waals surface area (Å²) < 4.78 is 0. The van der Waals surface area contributed by atoms with Crippen LogP contribution in [0.15, 0.2) is 36.8 Å². The summed E-state index contributed by atoms with van der Waals surface area (Å²) in [4.78, 5) is 6.78. The monoisotopic (exact) mass is 421 g/mol. The highest BCUT2D eigenvalue weighted by molar-refractivity contribution is 5.73. The van der Waals surface area contributed by atoms with Gasteiger partial charge in [0.05, 0.1) is 12.4 Å². The highest BCUT2D eigenvalue weighted by Gasteiger charge is 2.34. The number of nitrogens with zero attached hydrogens (tertiary/aromatic N) is 5. The average molecular weight is 422 g/mol. The Kier molecular flexibility index (Phi) is 5.91. The maximum atomic E-state index is 10.5. The minimum atomic E-state index is 0.139.